The number of methoxy groups -OCH3 is 1. The molecule has 1 aliphatic rings. The summed E-state index contributed by atoms with van der Waals surface area (Å²) in [5.74, 6) is -0.951. The zero-order valence-corrected chi connectivity index (χ0v) is 17.9. The van der Waals surface area contributed by atoms with Gasteiger partial charge < -0.3 is 14.8 Å². The summed E-state index contributed by atoms with van der Waals surface area (Å²) in [6, 6.07) is 8.32. The highest BCUT2D eigenvalue weighted by Gasteiger charge is 2.23. The van der Waals surface area contributed by atoms with Gasteiger partial charge in [-0.05, 0) is 48.7 Å². The van der Waals surface area contributed by atoms with Crippen LogP contribution in [-0.4, -0.2) is 40.7 Å². The maximum absolute atomic E-state index is 13.8. The summed E-state index contributed by atoms with van der Waals surface area (Å²) >= 11 is 6.06. The van der Waals surface area contributed by atoms with Crippen LogP contribution in [-0.2, 0) is 21.3 Å². The Bertz CT molecular complexity index is 1030. The molecule has 2 aromatic rings. The Morgan fingerprint density at radius 3 is 2.77 bits per heavy atom. The molecule has 0 bridgehead atoms. The third-order valence-electron chi connectivity index (χ3n) is 4.68. The second-order valence-corrected chi connectivity index (χ2v) is 8.93. The topological polar surface area (TPSA) is 93.7 Å². The van der Waals surface area contributed by atoms with Crippen molar-refractivity contribution < 1.29 is 27.1 Å². The second-order valence-electron chi connectivity index (χ2n) is 6.78. The van der Waals surface area contributed by atoms with Gasteiger partial charge in [0.2, 0.25) is 10.0 Å². The molecule has 1 heterocycles. The highest BCUT2D eigenvalue weighted by Crippen LogP contribution is 2.23. The summed E-state index contributed by atoms with van der Waals surface area (Å²) in [5.41, 5.74) is 0.646. The number of rotatable bonds is 8. The summed E-state index contributed by atoms with van der Waals surface area (Å²) in [6.45, 7) is 0.806. The second kappa shape index (κ2) is 9.74. The Labute approximate surface area is 179 Å². The number of ether oxygens (including phenoxy) is 2. The molecule has 1 fully saturated rings. The minimum atomic E-state index is -3.92. The van der Waals surface area contributed by atoms with Crippen molar-refractivity contribution >= 4 is 27.5 Å². The van der Waals surface area contributed by atoms with E-state index in [1.165, 1.54) is 37.4 Å². The zero-order chi connectivity index (χ0) is 21.7. The van der Waals surface area contributed by atoms with Gasteiger partial charge in [0.15, 0.2) is 11.6 Å². The third kappa shape index (κ3) is 5.48. The molecule has 0 saturated carbocycles. The average molecular weight is 457 g/mol. The molecule has 0 aliphatic carbocycles. The highest BCUT2D eigenvalue weighted by atomic mass is 35.5. The van der Waals surface area contributed by atoms with Crippen molar-refractivity contribution in [1.82, 2.24) is 10.0 Å². The van der Waals surface area contributed by atoms with Crippen LogP contribution in [0, 0.1) is 5.82 Å². The van der Waals surface area contributed by atoms with E-state index in [-0.39, 0.29) is 40.4 Å². The largest absolute Gasteiger partial charge is 0.494 e. The summed E-state index contributed by atoms with van der Waals surface area (Å²) in [4.78, 5) is 12.3. The van der Waals surface area contributed by atoms with E-state index in [0.717, 1.165) is 12.8 Å². The summed E-state index contributed by atoms with van der Waals surface area (Å²) in [5, 5.41) is 2.63. The lowest BCUT2D eigenvalue weighted by Crippen LogP contribution is -2.32. The number of benzene rings is 2. The molecule has 0 aromatic heterocycles. The van der Waals surface area contributed by atoms with E-state index >= 15 is 0 Å². The quantitative estimate of drug-likeness (QED) is 0.637. The first-order chi connectivity index (χ1) is 14.3. The number of nitrogens with one attached hydrogen (secondary N) is 2. The predicted molar refractivity (Wildman–Crippen MR) is 110 cm³/mol. The predicted octanol–water partition coefficient (Wildman–Crippen LogP) is 2.88. The van der Waals surface area contributed by atoms with Crippen molar-refractivity contribution in [1.29, 1.82) is 0 Å². The van der Waals surface area contributed by atoms with Gasteiger partial charge in [-0.15, -0.1) is 0 Å². The summed E-state index contributed by atoms with van der Waals surface area (Å²) in [6.07, 6.45) is 1.50. The van der Waals surface area contributed by atoms with Crippen molar-refractivity contribution in [2.75, 3.05) is 20.3 Å². The molecule has 1 unspecified atom stereocenters. The van der Waals surface area contributed by atoms with Crippen molar-refractivity contribution in [3.63, 3.8) is 0 Å². The molecule has 30 heavy (non-hydrogen) atoms. The first kappa shape index (κ1) is 22.5. The molecule has 162 valence electrons. The van der Waals surface area contributed by atoms with Crippen molar-refractivity contribution in [3.05, 3.63) is 58.4 Å². The van der Waals surface area contributed by atoms with E-state index in [2.05, 4.69) is 10.0 Å². The fraction of sp³-hybridized carbons (Fsp3) is 0.350. The molecule has 7 nitrogen and oxygen atoms in total. The molecule has 2 aromatic carbocycles. The minimum Gasteiger partial charge on any atom is -0.494 e. The van der Waals surface area contributed by atoms with Crippen LogP contribution in [0.15, 0.2) is 41.3 Å². The SMILES string of the molecule is COc1ccc(CNC(=O)c2ccc(Cl)c(S(=O)(=O)NCC3CCCO3)c2)cc1F. The van der Waals surface area contributed by atoms with E-state index in [0.29, 0.717) is 12.2 Å². The minimum absolute atomic E-state index is 0.00335. The van der Waals surface area contributed by atoms with Crippen molar-refractivity contribution in [3.8, 4) is 5.75 Å². The van der Waals surface area contributed by atoms with E-state index in [1.807, 2.05) is 0 Å². The van der Waals surface area contributed by atoms with E-state index in [4.69, 9.17) is 21.1 Å². The fourth-order valence-electron chi connectivity index (χ4n) is 3.04. The lowest BCUT2D eigenvalue weighted by atomic mass is 10.2. The number of halogens is 2. The van der Waals surface area contributed by atoms with Gasteiger partial charge in [-0.3, -0.25) is 4.79 Å². The Morgan fingerprint density at radius 1 is 1.30 bits per heavy atom. The summed E-state index contributed by atoms with van der Waals surface area (Å²) in [7, 11) is -2.56. The molecule has 10 heteroatoms. The molecule has 1 atom stereocenters. The molecule has 1 saturated heterocycles. The number of hydrogen-bond acceptors (Lipinski definition) is 5. The van der Waals surface area contributed by atoms with Crippen LogP contribution >= 0.6 is 11.6 Å². The van der Waals surface area contributed by atoms with Gasteiger partial charge in [0.25, 0.3) is 5.91 Å². The fourth-order valence-corrected chi connectivity index (χ4v) is 4.63. The summed E-state index contributed by atoms with van der Waals surface area (Å²) < 4.78 is 51.8. The smallest absolute Gasteiger partial charge is 0.251 e. The number of sulfonamides is 1. The van der Waals surface area contributed by atoms with Crippen LogP contribution in [0.1, 0.15) is 28.8 Å². The molecule has 0 radical (unpaired) electrons. The first-order valence-electron chi connectivity index (χ1n) is 9.31. The molecule has 2 N–H and O–H groups in total. The maximum Gasteiger partial charge on any atom is 0.251 e. The maximum atomic E-state index is 13.8. The van der Waals surface area contributed by atoms with Crippen molar-refractivity contribution in [2.45, 2.75) is 30.4 Å². The van der Waals surface area contributed by atoms with Gasteiger partial charge in [-0.1, -0.05) is 17.7 Å². The molecular formula is C20H22ClFN2O5S. The first-order valence-corrected chi connectivity index (χ1v) is 11.2. The lowest BCUT2D eigenvalue weighted by Gasteiger charge is -2.13. The van der Waals surface area contributed by atoms with E-state index in [9.17, 15) is 17.6 Å². The monoisotopic (exact) mass is 456 g/mol. The van der Waals surface area contributed by atoms with Gasteiger partial charge in [-0.2, -0.15) is 0 Å². The van der Waals surface area contributed by atoms with Gasteiger partial charge in [0.1, 0.15) is 4.90 Å². The Balaban J connectivity index is 1.68. The molecule has 3 rings (SSSR count). The highest BCUT2D eigenvalue weighted by molar-refractivity contribution is 7.89. The van der Waals surface area contributed by atoms with Crippen LogP contribution in [0.2, 0.25) is 5.02 Å². The molecule has 1 amide bonds. The van der Waals surface area contributed by atoms with Crippen LogP contribution in [0.4, 0.5) is 4.39 Å². The zero-order valence-electron chi connectivity index (χ0n) is 16.3. The number of amides is 1. The lowest BCUT2D eigenvalue weighted by molar-refractivity contribution is 0.0950. The standard InChI is InChI=1S/C20H22ClFN2O5S/c1-28-18-7-4-13(9-17(18)22)11-23-20(25)14-5-6-16(21)19(10-14)30(26,27)24-12-15-3-2-8-29-15/h4-7,9-10,15,24H,2-3,8,11-12H2,1H3,(H,23,25). The van der Waals surface area contributed by atoms with Crippen LogP contribution < -0.4 is 14.8 Å². The van der Waals surface area contributed by atoms with Crippen molar-refractivity contribution in [2.24, 2.45) is 0 Å². The van der Waals surface area contributed by atoms with Gasteiger partial charge in [0, 0.05) is 25.3 Å². The normalized spacial score (nSPS) is 16.4. The molecule has 0 spiro atoms. The third-order valence-corrected chi connectivity index (χ3v) is 6.58. The van der Waals surface area contributed by atoms with Crippen LogP contribution in [0.25, 0.3) is 0 Å². The Hall–Kier alpha value is -2.20. The molecule has 1 aliphatic heterocycles. The van der Waals surface area contributed by atoms with E-state index in [1.54, 1.807) is 6.07 Å². The Kier molecular flexibility index (Phi) is 7.30. The average Bonchev–Trinajstić information content (AvgIpc) is 3.24. The van der Waals surface area contributed by atoms with Gasteiger partial charge in [-0.25, -0.2) is 17.5 Å². The van der Waals surface area contributed by atoms with Gasteiger partial charge in [0.05, 0.1) is 18.2 Å². The number of carbonyl (C=O) groups is 1. The van der Waals surface area contributed by atoms with E-state index < -0.39 is 21.7 Å². The van der Waals surface area contributed by atoms with Crippen LogP contribution in [0.3, 0.4) is 0 Å². The Morgan fingerprint density at radius 2 is 2.10 bits per heavy atom. The number of hydrogen-bond donors (Lipinski definition) is 2. The van der Waals surface area contributed by atoms with Gasteiger partial charge >= 0.3 is 0 Å². The number of carbonyl (C=O) groups excluding carboxylic acids is 1. The van der Waals surface area contributed by atoms with Crippen LogP contribution in [0.5, 0.6) is 5.75 Å². The molecular weight excluding hydrogens is 435 g/mol.